The fourth-order valence-corrected chi connectivity index (χ4v) is 5.11. The lowest BCUT2D eigenvalue weighted by Gasteiger charge is -2.49. The number of aromatic nitrogens is 1. The van der Waals surface area contributed by atoms with Crippen molar-refractivity contribution in [1.29, 1.82) is 0 Å². The van der Waals surface area contributed by atoms with Crippen LogP contribution in [0.25, 0.3) is 22.4 Å². The first-order valence-corrected chi connectivity index (χ1v) is 11.1. The lowest BCUT2D eigenvalue weighted by atomic mass is 9.63. The Morgan fingerprint density at radius 2 is 1.78 bits per heavy atom. The van der Waals surface area contributed by atoms with Gasteiger partial charge in [0.25, 0.3) is 0 Å². The number of aliphatic hydroxyl groups is 1. The van der Waals surface area contributed by atoms with Gasteiger partial charge in [0.05, 0.1) is 29.2 Å². The highest BCUT2D eigenvalue weighted by Crippen LogP contribution is 2.46. The minimum Gasteiger partial charge on any atom is -0.390 e. The minimum absolute atomic E-state index is 0.0949. The van der Waals surface area contributed by atoms with E-state index in [2.05, 4.69) is 35.6 Å². The molecule has 164 valence electrons. The van der Waals surface area contributed by atoms with Crippen LogP contribution in [0.15, 0.2) is 60.7 Å². The SMILES string of the molecule is CCN1C(=O)NCc2nc(-c3ccc([C@]4(N)C[C@](C)(O)C4)cc3)c(-c3ccccc3)cc21. The molecule has 0 bridgehead atoms. The number of nitrogens with zero attached hydrogens (tertiary/aromatic N) is 2. The molecule has 6 nitrogen and oxygen atoms in total. The maximum Gasteiger partial charge on any atom is 0.322 e. The second kappa shape index (κ2) is 7.43. The number of nitrogens with one attached hydrogen (secondary N) is 1. The summed E-state index contributed by atoms with van der Waals surface area (Å²) in [6.07, 6.45) is 1.11. The van der Waals surface area contributed by atoms with E-state index in [1.54, 1.807) is 4.90 Å². The van der Waals surface area contributed by atoms with Crippen LogP contribution in [0.5, 0.6) is 0 Å². The number of rotatable bonds is 4. The number of carbonyl (C=O) groups excluding carboxylic acids is 1. The zero-order valence-electron chi connectivity index (χ0n) is 18.4. The Labute approximate surface area is 188 Å². The molecule has 2 heterocycles. The molecule has 32 heavy (non-hydrogen) atoms. The molecule has 2 aliphatic rings. The highest BCUT2D eigenvalue weighted by Gasteiger charge is 2.49. The summed E-state index contributed by atoms with van der Waals surface area (Å²) in [5, 5.41) is 13.1. The number of nitrogens with two attached hydrogens (primary N) is 1. The van der Waals surface area contributed by atoms with Gasteiger partial charge in [-0.05, 0) is 43.9 Å². The van der Waals surface area contributed by atoms with Crippen molar-refractivity contribution in [1.82, 2.24) is 10.3 Å². The molecule has 3 aromatic rings. The molecule has 0 spiro atoms. The number of carbonyl (C=O) groups is 1. The van der Waals surface area contributed by atoms with Gasteiger partial charge in [-0.1, -0.05) is 54.6 Å². The Hall–Kier alpha value is -3.22. The number of urea groups is 1. The Morgan fingerprint density at radius 1 is 1.09 bits per heavy atom. The smallest absolute Gasteiger partial charge is 0.322 e. The summed E-state index contributed by atoms with van der Waals surface area (Å²) in [5.74, 6) is 0. The molecule has 2 amide bonds. The van der Waals surface area contributed by atoms with Crippen LogP contribution in [0.1, 0.15) is 37.9 Å². The number of pyridine rings is 1. The van der Waals surface area contributed by atoms with Gasteiger partial charge < -0.3 is 16.2 Å². The second-order valence-corrected chi connectivity index (χ2v) is 9.20. The number of benzene rings is 2. The summed E-state index contributed by atoms with van der Waals surface area (Å²) >= 11 is 0. The summed E-state index contributed by atoms with van der Waals surface area (Å²) in [5.41, 5.74) is 12.0. The number of anilines is 1. The van der Waals surface area contributed by atoms with Crippen LogP contribution in [0.4, 0.5) is 10.5 Å². The first-order valence-electron chi connectivity index (χ1n) is 11.1. The first-order chi connectivity index (χ1) is 15.3. The molecular formula is C26H28N4O2. The van der Waals surface area contributed by atoms with E-state index in [1.807, 2.05) is 44.2 Å². The van der Waals surface area contributed by atoms with Crippen LogP contribution in [0.2, 0.25) is 0 Å². The zero-order chi connectivity index (χ0) is 22.5. The molecule has 0 radical (unpaired) electrons. The average molecular weight is 429 g/mol. The van der Waals surface area contributed by atoms with Crippen molar-refractivity contribution in [2.45, 2.75) is 44.4 Å². The largest absolute Gasteiger partial charge is 0.390 e. The van der Waals surface area contributed by atoms with Gasteiger partial charge in [-0.3, -0.25) is 4.90 Å². The van der Waals surface area contributed by atoms with Crippen LogP contribution in [-0.2, 0) is 12.1 Å². The van der Waals surface area contributed by atoms with Crippen molar-refractivity contribution in [3.8, 4) is 22.4 Å². The standard InChI is InChI=1S/C26H28N4O2/c1-3-30-22-13-20(17-7-5-4-6-8-17)23(29-21(22)14-28-24(30)31)18-9-11-19(12-10-18)26(27)15-25(2,32)16-26/h4-13,32H,3,14-16,27H2,1-2H3,(H,28,31)/t25-,26-. The summed E-state index contributed by atoms with van der Waals surface area (Å²) in [6.45, 7) is 4.77. The fourth-order valence-electron chi connectivity index (χ4n) is 5.11. The van der Waals surface area contributed by atoms with Crippen molar-refractivity contribution < 1.29 is 9.90 Å². The average Bonchev–Trinajstić information content (AvgIpc) is 2.77. The zero-order valence-corrected chi connectivity index (χ0v) is 18.4. The quantitative estimate of drug-likeness (QED) is 0.582. The second-order valence-electron chi connectivity index (χ2n) is 9.20. The number of fused-ring (bicyclic) bond motifs is 1. The van der Waals surface area contributed by atoms with Crippen molar-refractivity contribution in [3.05, 3.63) is 71.9 Å². The monoisotopic (exact) mass is 428 g/mol. The van der Waals surface area contributed by atoms with Crippen molar-refractivity contribution in [3.63, 3.8) is 0 Å². The molecule has 6 heteroatoms. The van der Waals surface area contributed by atoms with E-state index in [0.717, 1.165) is 39.3 Å². The molecule has 2 aromatic carbocycles. The van der Waals surface area contributed by atoms with Gasteiger partial charge in [0.15, 0.2) is 0 Å². The topological polar surface area (TPSA) is 91.5 Å². The lowest BCUT2D eigenvalue weighted by molar-refractivity contribution is -0.0738. The van der Waals surface area contributed by atoms with Crippen LogP contribution in [0, 0.1) is 0 Å². The highest BCUT2D eigenvalue weighted by molar-refractivity contribution is 5.96. The van der Waals surface area contributed by atoms with Gasteiger partial charge in [0, 0.05) is 23.2 Å². The van der Waals surface area contributed by atoms with E-state index < -0.39 is 11.1 Å². The predicted octanol–water partition coefficient (Wildman–Crippen LogP) is 4.16. The normalized spacial score (nSPS) is 24.5. The Bertz CT molecular complexity index is 1160. The summed E-state index contributed by atoms with van der Waals surface area (Å²) in [6, 6.07) is 20.3. The van der Waals surface area contributed by atoms with Crippen LogP contribution in [-0.4, -0.2) is 28.3 Å². The van der Waals surface area contributed by atoms with Gasteiger partial charge >= 0.3 is 6.03 Å². The molecule has 1 aromatic heterocycles. The lowest BCUT2D eigenvalue weighted by Crippen LogP contribution is -2.58. The third kappa shape index (κ3) is 3.45. The van der Waals surface area contributed by atoms with Crippen LogP contribution in [0.3, 0.4) is 0 Å². The van der Waals surface area contributed by atoms with Crippen LogP contribution >= 0.6 is 0 Å². The molecule has 0 unspecified atom stereocenters. The van der Waals surface area contributed by atoms with Gasteiger partial charge in [-0.25, -0.2) is 9.78 Å². The van der Waals surface area contributed by atoms with E-state index >= 15 is 0 Å². The predicted molar refractivity (Wildman–Crippen MR) is 126 cm³/mol. The third-order valence-electron chi connectivity index (χ3n) is 6.55. The Kier molecular flexibility index (Phi) is 4.80. The molecule has 1 fully saturated rings. The Balaban J connectivity index is 1.60. The van der Waals surface area contributed by atoms with Gasteiger partial charge in [-0.2, -0.15) is 0 Å². The molecule has 0 atom stereocenters. The van der Waals surface area contributed by atoms with Crippen molar-refractivity contribution in [2.75, 3.05) is 11.4 Å². The summed E-state index contributed by atoms with van der Waals surface area (Å²) < 4.78 is 0. The minimum atomic E-state index is -0.691. The number of hydrogen-bond donors (Lipinski definition) is 3. The van der Waals surface area contributed by atoms with Crippen molar-refractivity contribution >= 4 is 11.7 Å². The summed E-state index contributed by atoms with van der Waals surface area (Å²) in [4.78, 5) is 19.1. The van der Waals surface area contributed by atoms with Gasteiger partial charge in [-0.15, -0.1) is 0 Å². The van der Waals surface area contributed by atoms with Gasteiger partial charge in [0.1, 0.15) is 0 Å². The Morgan fingerprint density at radius 3 is 2.41 bits per heavy atom. The van der Waals surface area contributed by atoms with Gasteiger partial charge in [0.2, 0.25) is 0 Å². The molecule has 1 aliphatic heterocycles. The molecule has 4 N–H and O–H groups in total. The molecule has 5 rings (SSSR count). The third-order valence-corrected chi connectivity index (χ3v) is 6.55. The highest BCUT2D eigenvalue weighted by atomic mass is 16.3. The number of amides is 2. The van der Waals surface area contributed by atoms with Crippen LogP contribution < -0.4 is 16.0 Å². The van der Waals surface area contributed by atoms with Crippen molar-refractivity contribution in [2.24, 2.45) is 5.73 Å². The molecule has 0 saturated heterocycles. The van der Waals surface area contributed by atoms with E-state index in [1.165, 1.54) is 0 Å². The van der Waals surface area contributed by atoms with E-state index in [4.69, 9.17) is 10.7 Å². The summed E-state index contributed by atoms with van der Waals surface area (Å²) in [7, 11) is 0. The first kappa shape index (κ1) is 20.7. The molecule has 1 aliphatic carbocycles. The maximum absolute atomic E-state index is 12.4. The van der Waals surface area contributed by atoms with E-state index in [0.29, 0.717) is 25.9 Å². The van der Waals surface area contributed by atoms with E-state index in [-0.39, 0.29) is 6.03 Å². The fraction of sp³-hybridized carbons (Fsp3) is 0.308. The molecular weight excluding hydrogens is 400 g/mol. The number of hydrogen-bond acceptors (Lipinski definition) is 4. The molecule has 1 saturated carbocycles. The van der Waals surface area contributed by atoms with E-state index in [9.17, 15) is 9.90 Å². The maximum atomic E-state index is 12.4.